The quantitative estimate of drug-likeness (QED) is 0.634. The molecule has 2 aliphatic rings. The predicted molar refractivity (Wildman–Crippen MR) is 129 cm³/mol. The van der Waals surface area contributed by atoms with Crippen molar-refractivity contribution >= 4 is 33.4 Å². The van der Waals surface area contributed by atoms with Crippen molar-refractivity contribution in [2.45, 2.75) is 57.5 Å². The average molecular weight is 451 g/mol. The second-order valence-electron chi connectivity index (χ2n) is 9.05. The van der Waals surface area contributed by atoms with Crippen LogP contribution in [0.25, 0.3) is 10.2 Å². The molecule has 1 atom stereocenters. The van der Waals surface area contributed by atoms with E-state index in [1.807, 2.05) is 41.8 Å². The number of carbonyl (C=O) groups excluding carboxylic acids is 1. The number of nitrogens with one attached hydrogen (secondary N) is 1. The Bertz CT molecular complexity index is 1130. The molecule has 1 aliphatic carbocycles. The normalized spacial score (nSPS) is 19.9. The molecule has 0 bridgehead atoms. The van der Waals surface area contributed by atoms with E-state index in [1.54, 1.807) is 4.57 Å². The molecule has 3 aromatic rings. The van der Waals surface area contributed by atoms with Gasteiger partial charge in [0.05, 0.1) is 18.0 Å². The maximum Gasteiger partial charge on any atom is 0.273 e. The first-order chi connectivity index (χ1) is 15.7. The molecule has 1 aromatic carbocycles. The number of carbonyl (C=O) groups is 1. The van der Waals surface area contributed by atoms with E-state index < -0.39 is 0 Å². The Morgan fingerprint density at radius 1 is 1.06 bits per heavy atom. The summed E-state index contributed by atoms with van der Waals surface area (Å²) >= 11 is 1.44. The predicted octanol–water partition coefficient (Wildman–Crippen LogP) is 4.17. The molecule has 6 nitrogen and oxygen atoms in total. The fourth-order valence-electron chi connectivity index (χ4n) is 5.02. The number of rotatable bonds is 5. The molecular weight excluding hydrogens is 420 g/mol. The van der Waals surface area contributed by atoms with Crippen LogP contribution in [-0.2, 0) is 11.3 Å². The van der Waals surface area contributed by atoms with Crippen LogP contribution in [0.2, 0.25) is 0 Å². The van der Waals surface area contributed by atoms with Gasteiger partial charge in [-0.05, 0) is 42.7 Å². The fraction of sp³-hybridized carbons (Fsp3) is 0.480. The molecule has 3 heterocycles. The molecule has 168 valence electrons. The van der Waals surface area contributed by atoms with Gasteiger partial charge in [0.25, 0.3) is 5.56 Å². The third-order valence-corrected chi connectivity index (χ3v) is 7.65. The highest BCUT2D eigenvalue weighted by atomic mass is 32.1. The van der Waals surface area contributed by atoms with Crippen molar-refractivity contribution < 1.29 is 4.79 Å². The van der Waals surface area contributed by atoms with Crippen LogP contribution < -0.4 is 15.8 Å². The molecule has 1 saturated heterocycles. The van der Waals surface area contributed by atoms with Gasteiger partial charge >= 0.3 is 0 Å². The lowest BCUT2D eigenvalue weighted by atomic mass is 9.93. The average Bonchev–Trinajstić information content (AvgIpc) is 3.31. The van der Waals surface area contributed by atoms with Crippen molar-refractivity contribution in [3.8, 4) is 0 Å². The largest absolute Gasteiger partial charge is 0.353 e. The highest BCUT2D eigenvalue weighted by Gasteiger charge is 2.30. The molecule has 5 rings (SSSR count). The topological polar surface area (TPSA) is 67.2 Å². The van der Waals surface area contributed by atoms with E-state index in [-0.39, 0.29) is 17.4 Å². The van der Waals surface area contributed by atoms with Crippen LogP contribution in [0.3, 0.4) is 0 Å². The Morgan fingerprint density at radius 3 is 2.69 bits per heavy atom. The lowest BCUT2D eigenvalue weighted by Crippen LogP contribution is -2.47. The number of anilines is 1. The zero-order chi connectivity index (χ0) is 21.9. The maximum atomic E-state index is 13.4. The summed E-state index contributed by atoms with van der Waals surface area (Å²) < 4.78 is 2.48. The summed E-state index contributed by atoms with van der Waals surface area (Å²) in [5.74, 6) is 0.779. The molecule has 0 spiro atoms. The van der Waals surface area contributed by atoms with E-state index in [0.29, 0.717) is 29.8 Å². The van der Waals surface area contributed by atoms with Crippen molar-refractivity contribution in [2.24, 2.45) is 5.92 Å². The van der Waals surface area contributed by atoms with Crippen LogP contribution in [-0.4, -0.2) is 34.6 Å². The summed E-state index contributed by atoms with van der Waals surface area (Å²) in [6.45, 7) is 1.89. The van der Waals surface area contributed by atoms with Gasteiger partial charge in [-0.3, -0.25) is 14.2 Å². The zero-order valence-corrected chi connectivity index (χ0v) is 19.2. The summed E-state index contributed by atoms with van der Waals surface area (Å²) in [6, 6.07) is 12.3. The Kier molecular flexibility index (Phi) is 6.26. The van der Waals surface area contributed by atoms with E-state index in [0.717, 1.165) is 43.3 Å². The Hall–Kier alpha value is -2.67. The van der Waals surface area contributed by atoms with E-state index in [2.05, 4.69) is 10.2 Å². The number of hydrogen-bond donors (Lipinski definition) is 1. The number of hydrogen-bond acceptors (Lipinski definition) is 5. The Labute approximate surface area is 192 Å². The molecule has 0 radical (unpaired) electrons. The van der Waals surface area contributed by atoms with Crippen LogP contribution in [0.5, 0.6) is 0 Å². The second kappa shape index (κ2) is 9.45. The first kappa shape index (κ1) is 21.2. The van der Waals surface area contributed by atoms with Crippen LogP contribution in [0.15, 0.2) is 46.6 Å². The lowest BCUT2D eigenvalue weighted by molar-refractivity contribution is -0.126. The summed E-state index contributed by atoms with van der Waals surface area (Å²) in [5, 5.41) is 5.22. The molecule has 0 unspecified atom stereocenters. The minimum absolute atomic E-state index is 0.00219. The number of amides is 1. The lowest BCUT2D eigenvalue weighted by Gasteiger charge is -2.35. The van der Waals surface area contributed by atoms with Crippen LogP contribution in [0.1, 0.15) is 50.5 Å². The molecule has 1 N–H and O–H groups in total. The van der Waals surface area contributed by atoms with E-state index in [9.17, 15) is 9.59 Å². The molecule has 2 fully saturated rings. The van der Waals surface area contributed by atoms with Gasteiger partial charge in [-0.1, -0.05) is 49.6 Å². The summed E-state index contributed by atoms with van der Waals surface area (Å²) in [4.78, 5) is 33.4. The minimum atomic E-state index is -0.0640. The van der Waals surface area contributed by atoms with Crippen LogP contribution >= 0.6 is 11.3 Å². The van der Waals surface area contributed by atoms with Crippen molar-refractivity contribution in [3.05, 3.63) is 57.7 Å². The van der Waals surface area contributed by atoms with E-state index in [1.165, 1.54) is 30.6 Å². The van der Waals surface area contributed by atoms with E-state index in [4.69, 9.17) is 4.98 Å². The summed E-state index contributed by atoms with van der Waals surface area (Å²) in [7, 11) is 0. The smallest absolute Gasteiger partial charge is 0.273 e. The summed E-state index contributed by atoms with van der Waals surface area (Å²) in [5.41, 5.74) is 1.81. The Balaban J connectivity index is 1.42. The van der Waals surface area contributed by atoms with Gasteiger partial charge in [0.1, 0.15) is 4.70 Å². The zero-order valence-electron chi connectivity index (χ0n) is 18.3. The highest BCUT2D eigenvalue weighted by molar-refractivity contribution is 7.17. The number of fused-ring (bicyclic) bond motifs is 1. The molecule has 32 heavy (non-hydrogen) atoms. The Morgan fingerprint density at radius 2 is 1.88 bits per heavy atom. The van der Waals surface area contributed by atoms with Crippen molar-refractivity contribution in [3.63, 3.8) is 0 Å². The summed E-state index contributed by atoms with van der Waals surface area (Å²) in [6.07, 6.45) is 7.68. The highest BCUT2D eigenvalue weighted by Crippen LogP contribution is 2.26. The van der Waals surface area contributed by atoms with Crippen molar-refractivity contribution in [1.29, 1.82) is 0 Å². The number of nitrogens with zero attached hydrogens (tertiary/aromatic N) is 3. The third kappa shape index (κ3) is 4.44. The molecule has 7 heteroatoms. The number of thiophene rings is 1. The van der Waals surface area contributed by atoms with Crippen molar-refractivity contribution in [2.75, 3.05) is 18.0 Å². The second-order valence-corrected chi connectivity index (χ2v) is 9.97. The SMILES string of the molecule is O=C(NC1CCCCC1)[C@@H]1CCCN(c2nc3ccsc3c(=O)n2Cc2ccccc2)C1. The van der Waals surface area contributed by atoms with Gasteiger partial charge in [-0.15, -0.1) is 11.3 Å². The number of aromatic nitrogens is 2. The molecule has 2 aromatic heterocycles. The molecule has 1 aliphatic heterocycles. The first-order valence-corrected chi connectivity index (χ1v) is 12.6. The van der Waals surface area contributed by atoms with Gasteiger partial charge in [0.15, 0.2) is 0 Å². The molecule has 1 saturated carbocycles. The standard InChI is InChI=1S/C25H30N4O2S/c30-23(26-20-11-5-2-6-12-20)19-10-7-14-28(17-19)25-27-21-13-15-32-22(21)24(31)29(25)16-18-8-3-1-4-9-18/h1,3-4,8-9,13,15,19-20H,2,5-7,10-12,14,16-17H2,(H,26,30)/t19-/m1/s1. The maximum absolute atomic E-state index is 13.4. The molecule has 1 amide bonds. The van der Waals surface area contributed by atoms with Gasteiger partial charge in [0, 0.05) is 19.1 Å². The first-order valence-electron chi connectivity index (χ1n) is 11.8. The van der Waals surface area contributed by atoms with Crippen LogP contribution in [0, 0.1) is 5.92 Å². The minimum Gasteiger partial charge on any atom is -0.353 e. The number of benzene rings is 1. The third-order valence-electron chi connectivity index (χ3n) is 6.76. The van der Waals surface area contributed by atoms with Gasteiger partial charge in [-0.2, -0.15) is 0 Å². The fourth-order valence-corrected chi connectivity index (χ4v) is 5.80. The van der Waals surface area contributed by atoms with Crippen molar-refractivity contribution in [1.82, 2.24) is 14.9 Å². The van der Waals surface area contributed by atoms with Gasteiger partial charge < -0.3 is 10.2 Å². The monoisotopic (exact) mass is 450 g/mol. The van der Waals surface area contributed by atoms with Gasteiger partial charge in [-0.25, -0.2) is 4.98 Å². The number of piperidine rings is 1. The van der Waals surface area contributed by atoms with Crippen LogP contribution in [0.4, 0.5) is 5.95 Å². The van der Waals surface area contributed by atoms with Gasteiger partial charge in [0.2, 0.25) is 11.9 Å². The van der Waals surface area contributed by atoms with E-state index >= 15 is 0 Å². The molecular formula is C25H30N4O2S.